The molecule has 0 spiro atoms. The molecular formula is C14H24N4. The first-order valence-corrected chi connectivity index (χ1v) is 6.75. The summed E-state index contributed by atoms with van der Waals surface area (Å²) in [6.07, 6.45) is 3.04. The number of pyridine rings is 1. The molecule has 1 saturated heterocycles. The average molecular weight is 248 g/mol. The molecule has 1 aliphatic heterocycles. The minimum atomic E-state index is 0.0295. The van der Waals surface area contributed by atoms with Crippen LogP contribution in [0.25, 0.3) is 0 Å². The topological polar surface area (TPSA) is 45.4 Å². The van der Waals surface area contributed by atoms with E-state index in [1.165, 1.54) is 6.42 Å². The van der Waals surface area contributed by atoms with E-state index in [0.29, 0.717) is 6.04 Å². The molecule has 1 fully saturated rings. The van der Waals surface area contributed by atoms with Gasteiger partial charge in [-0.2, -0.15) is 0 Å². The van der Waals surface area contributed by atoms with E-state index in [-0.39, 0.29) is 6.04 Å². The maximum Gasteiger partial charge on any atom is 0.133 e. The Morgan fingerprint density at radius 3 is 2.94 bits per heavy atom. The molecule has 2 atom stereocenters. The maximum atomic E-state index is 6.06. The third-order valence-electron chi connectivity index (χ3n) is 3.63. The number of hydrogen-bond donors (Lipinski definition) is 1. The van der Waals surface area contributed by atoms with Crippen molar-refractivity contribution in [3.05, 3.63) is 23.9 Å². The summed E-state index contributed by atoms with van der Waals surface area (Å²) in [7, 11) is 2.19. The summed E-state index contributed by atoms with van der Waals surface area (Å²) in [6, 6.07) is 4.57. The summed E-state index contributed by atoms with van der Waals surface area (Å²) in [5.74, 6) is 1.07. The van der Waals surface area contributed by atoms with E-state index in [0.717, 1.165) is 31.0 Å². The molecule has 0 bridgehead atoms. The van der Waals surface area contributed by atoms with Gasteiger partial charge < -0.3 is 15.5 Å². The highest BCUT2D eigenvalue weighted by molar-refractivity contribution is 5.49. The van der Waals surface area contributed by atoms with Crippen molar-refractivity contribution in [3.8, 4) is 0 Å². The van der Waals surface area contributed by atoms with Crippen LogP contribution in [0.15, 0.2) is 18.3 Å². The van der Waals surface area contributed by atoms with Crippen LogP contribution in [0, 0.1) is 0 Å². The SMILES string of the molecule is CC1CN(C)CCCN1c1ncccc1[C@@H](C)N. The van der Waals surface area contributed by atoms with E-state index in [1.54, 1.807) is 0 Å². The molecule has 0 aliphatic carbocycles. The molecule has 100 valence electrons. The van der Waals surface area contributed by atoms with E-state index in [2.05, 4.69) is 34.8 Å². The molecule has 2 heterocycles. The second kappa shape index (κ2) is 5.67. The van der Waals surface area contributed by atoms with Gasteiger partial charge in [0.1, 0.15) is 5.82 Å². The number of hydrogen-bond acceptors (Lipinski definition) is 4. The zero-order valence-electron chi connectivity index (χ0n) is 11.6. The fourth-order valence-electron chi connectivity index (χ4n) is 2.69. The van der Waals surface area contributed by atoms with Gasteiger partial charge in [0, 0.05) is 36.9 Å². The Morgan fingerprint density at radius 2 is 2.22 bits per heavy atom. The predicted octanol–water partition coefficient (Wildman–Crippen LogP) is 1.63. The van der Waals surface area contributed by atoms with Crippen LogP contribution in [0.3, 0.4) is 0 Å². The van der Waals surface area contributed by atoms with Crippen LogP contribution in [0.2, 0.25) is 0 Å². The Kier molecular flexibility index (Phi) is 4.19. The minimum Gasteiger partial charge on any atom is -0.352 e. The first kappa shape index (κ1) is 13.3. The van der Waals surface area contributed by atoms with E-state index in [4.69, 9.17) is 5.73 Å². The van der Waals surface area contributed by atoms with Crippen LogP contribution >= 0.6 is 0 Å². The number of rotatable bonds is 2. The summed E-state index contributed by atoms with van der Waals surface area (Å²) in [6.45, 7) is 7.58. The van der Waals surface area contributed by atoms with Gasteiger partial charge in [-0.05, 0) is 39.9 Å². The first-order chi connectivity index (χ1) is 8.59. The van der Waals surface area contributed by atoms with Crippen molar-refractivity contribution in [1.29, 1.82) is 0 Å². The van der Waals surface area contributed by atoms with Crippen LogP contribution in [0.4, 0.5) is 5.82 Å². The van der Waals surface area contributed by atoms with Crippen LogP contribution in [-0.4, -0.2) is 42.6 Å². The number of aromatic nitrogens is 1. The second-order valence-corrected chi connectivity index (χ2v) is 5.36. The highest BCUT2D eigenvalue weighted by Crippen LogP contribution is 2.25. The van der Waals surface area contributed by atoms with Gasteiger partial charge in [0.05, 0.1) is 0 Å². The summed E-state index contributed by atoms with van der Waals surface area (Å²) in [5.41, 5.74) is 7.20. The molecule has 1 unspecified atom stereocenters. The van der Waals surface area contributed by atoms with Crippen LogP contribution in [0.5, 0.6) is 0 Å². The average Bonchev–Trinajstić information content (AvgIpc) is 2.50. The standard InChI is InChI=1S/C14H24N4/c1-11-10-17(3)8-5-9-18(11)14-13(12(2)15)6-4-7-16-14/h4,6-7,11-12H,5,8-10,15H2,1-3H3/t11?,12-/m1/s1. The van der Waals surface area contributed by atoms with Gasteiger partial charge >= 0.3 is 0 Å². The summed E-state index contributed by atoms with van der Waals surface area (Å²) in [5, 5.41) is 0. The second-order valence-electron chi connectivity index (χ2n) is 5.36. The summed E-state index contributed by atoms with van der Waals surface area (Å²) in [4.78, 5) is 9.36. The van der Waals surface area contributed by atoms with Gasteiger partial charge in [-0.25, -0.2) is 4.98 Å². The molecule has 0 saturated carbocycles. The molecule has 4 nitrogen and oxygen atoms in total. The fourth-order valence-corrected chi connectivity index (χ4v) is 2.69. The third-order valence-corrected chi connectivity index (χ3v) is 3.63. The van der Waals surface area contributed by atoms with Crippen LogP contribution < -0.4 is 10.6 Å². The molecule has 1 aromatic heterocycles. The van der Waals surface area contributed by atoms with Crippen molar-refractivity contribution in [2.45, 2.75) is 32.4 Å². The zero-order valence-corrected chi connectivity index (χ0v) is 11.6. The maximum absolute atomic E-state index is 6.06. The Bertz CT molecular complexity index is 391. The molecule has 1 aliphatic rings. The van der Waals surface area contributed by atoms with Crippen molar-refractivity contribution in [2.24, 2.45) is 5.73 Å². The van der Waals surface area contributed by atoms with Crippen molar-refractivity contribution in [3.63, 3.8) is 0 Å². The van der Waals surface area contributed by atoms with Crippen molar-refractivity contribution >= 4 is 5.82 Å². The van der Waals surface area contributed by atoms with Gasteiger partial charge in [-0.15, -0.1) is 0 Å². The van der Waals surface area contributed by atoms with Crippen LogP contribution in [-0.2, 0) is 0 Å². The molecule has 2 rings (SSSR count). The zero-order chi connectivity index (χ0) is 13.1. The highest BCUT2D eigenvalue weighted by atomic mass is 15.3. The van der Waals surface area contributed by atoms with Gasteiger partial charge in [0.2, 0.25) is 0 Å². The quantitative estimate of drug-likeness (QED) is 0.864. The smallest absolute Gasteiger partial charge is 0.133 e. The number of nitrogens with two attached hydrogens (primary N) is 1. The lowest BCUT2D eigenvalue weighted by Gasteiger charge is -2.31. The molecule has 0 amide bonds. The lowest BCUT2D eigenvalue weighted by molar-refractivity contribution is 0.337. The normalized spacial score (nSPS) is 23.8. The third kappa shape index (κ3) is 2.82. The lowest BCUT2D eigenvalue weighted by Crippen LogP contribution is -2.39. The highest BCUT2D eigenvalue weighted by Gasteiger charge is 2.23. The molecule has 2 N–H and O–H groups in total. The molecule has 4 heteroatoms. The van der Waals surface area contributed by atoms with Crippen molar-refractivity contribution in [1.82, 2.24) is 9.88 Å². The van der Waals surface area contributed by atoms with Gasteiger partial charge in [0.15, 0.2) is 0 Å². The summed E-state index contributed by atoms with van der Waals surface area (Å²) >= 11 is 0. The van der Waals surface area contributed by atoms with Crippen molar-refractivity contribution < 1.29 is 0 Å². The molecule has 0 aromatic carbocycles. The van der Waals surface area contributed by atoms with E-state index in [1.807, 2.05) is 19.2 Å². The number of likely N-dealkylation sites (N-methyl/N-ethyl adjacent to an activating group) is 1. The van der Waals surface area contributed by atoms with Gasteiger partial charge in [0.25, 0.3) is 0 Å². The fraction of sp³-hybridized carbons (Fsp3) is 0.643. The Balaban J connectivity index is 2.29. The Morgan fingerprint density at radius 1 is 1.44 bits per heavy atom. The molecule has 18 heavy (non-hydrogen) atoms. The van der Waals surface area contributed by atoms with Gasteiger partial charge in [-0.3, -0.25) is 0 Å². The Labute approximate surface area is 110 Å². The van der Waals surface area contributed by atoms with E-state index < -0.39 is 0 Å². The summed E-state index contributed by atoms with van der Waals surface area (Å²) < 4.78 is 0. The molecular weight excluding hydrogens is 224 g/mol. The molecule has 0 radical (unpaired) electrons. The first-order valence-electron chi connectivity index (χ1n) is 6.75. The number of anilines is 1. The van der Waals surface area contributed by atoms with Crippen molar-refractivity contribution in [2.75, 3.05) is 31.6 Å². The van der Waals surface area contributed by atoms with E-state index in [9.17, 15) is 0 Å². The molecule has 1 aromatic rings. The monoisotopic (exact) mass is 248 g/mol. The van der Waals surface area contributed by atoms with Gasteiger partial charge in [-0.1, -0.05) is 6.07 Å². The largest absolute Gasteiger partial charge is 0.352 e. The van der Waals surface area contributed by atoms with E-state index >= 15 is 0 Å². The number of nitrogens with zero attached hydrogens (tertiary/aromatic N) is 3. The predicted molar refractivity (Wildman–Crippen MR) is 75.8 cm³/mol. The lowest BCUT2D eigenvalue weighted by atomic mass is 10.1. The Hall–Kier alpha value is -1.13. The van der Waals surface area contributed by atoms with Crippen LogP contribution in [0.1, 0.15) is 31.9 Å². The minimum absolute atomic E-state index is 0.0295.